The summed E-state index contributed by atoms with van der Waals surface area (Å²) in [7, 11) is 0. The molecule has 0 aliphatic carbocycles. The lowest BCUT2D eigenvalue weighted by Crippen LogP contribution is -2.57. The number of aromatic hydroxyl groups is 1. The van der Waals surface area contributed by atoms with E-state index in [0.717, 1.165) is 0 Å². The van der Waals surface area contributed by atoms with Gasteiger partial charge in [0.2, 0.25) is 17.7 Å². The Labute approximate surface area is 210 Å². The largest absolute Gasteiger partial charge is 0.508 e. The Morgan fingerprint density at radius 3 is 2.40 bits per heavy atom. The van der Waals surface area contributed by atoms with E-state index in [1.54, 1.807) is 12.1 Å². The minimum Gasteiger partial charge on any atom is -0.508 e. The number of phenolic OH excluding ortho intramolecular Hbond substituents is 1. The van der Waals surface area contributed by atoms with Crippen LogP contribution in [-0.4, -0.2) is 81.8 Å². The number of benzene rings is 1. The van der Waals surface area contributed by atoms with Crippen LogP contribution in [0.4, 0.5) is 0 Å². The van der Waals surface area contributed by atoms with Gasteiger partial charge in [-0.05, 0) is 56.3 Å². The van der Waals surface area contributed by atoms with E-state index in [2.05, 4.69) is 23.3 Å². The summed E-state index contributed by atoms with van der Waals surface area (Å²) >= 11 is 4.03. The number of amides is 3. The predicted octanol–water partition coefficient (Wildman–Crippen LogP) is -0.634. The van der Waals surface area contributed by atoms with Crippen molar-refractivity contribution in [2.24, 2.45) is 11.5 Å². The van der Waals surface area contributed by atoms with Crippen molar-refractivity contribution < 1.29 is 29.4 Å². The summed E-state index contributed by atoms with van der Waals surface area (Å²) in [5.74, 6) is -2.56. The van der Waals surface area contributed by atoms with Crippen LogP contribution in [0.2, 0.25) is 0 Å². The van der Waals surface area contributed by atoms with E-state index in [1.807, 2.05) is 0 Å². The maximum Gasteiger partial charge on any atom is 0.326 e. The number of unbranched alkanes of at least 4 members (excludes halogenated alkanes) is 1. The lowest BCUT2D eigenvalue weighted by molar-refractivity contribution is -0.145. The molecule has 0 saturated carbocycles. The Morgan fingerprint density at radius 2 is 1.80 bits per heavy atom. The van der Waals surface area contributed by atoms with Crippen molar-refractivity contribution in [3.05, 3.63) is 29.8 Å². The molecule has 194 valence electrons. The minimum absolute atomic E-state index is 0.0634. The van der Waals surface area contributed by atoms with Crippen LogP contribution in [0.15, 0.2) is 24.3 Å². The summed E-state index contributed by atoms with van der Waals surface area (Å²) in [5, 5.41) is 24.2. The molecule has 11 nitrogen and oxygen atoms in total. The number of nitrogens with zero attached hydrogens (tertiary/aromatic N) is 1. The number of carbonyl (C=O) groups is 4. The van der Waals surface area contributed by atoms with Gasteiger partial charge in [-0.25, -0.2) is 4.79 Å². The van der Waals surface area contributed by atoms with Gasteiger partial charge < -0.3 is 37.2 Å². The highest BCUT2D eigenvalue weighted by atomic mass is 32.1. The minimum atomic E-state index is -1.15. The van der Waals surface area contributed by atoms with E-state index in [-0.39, 0.29) is 24.3 Å². The van der Waals surface area contributed by atoms with E-state index in [9.17, 15) is 29.4 Å². The number of nitrogens with one attached hydrogen (secondary N) is 2. The number of likely N-dealkylation sites (tertiary alicyclic amines) is 1. The Hall–Kier alpha value is -2.83. The molecule has 2 rings (SSSR count). The molecule has 4 atom stereocenters. The lowest BCUT2D eigenvalue weighted by Gasteiger charge is -2.30. The van der Waals surface area contributed by atoms with Crippen LogP contribution < -0.4 is 22.1 Å². The summed E-state index contributed by atoms with van der Waals surface area (Å²) in [6.07, 6.45) is 2.48. The Kier molecular flexibility index (Phi) is 11.3. The highest BCUT2D eigenvalue weighted by molar-refractivity contribution is 7.80. The first-order valence-electron chi connectivity index (χ1n) is 11.7. The molecule has 1 aromatic rings. The molecule has 0 aromatic heterocycles. The Morgan fingerprint density at radius 1 is 1.11 bits per heavy atom. The zero-order chi connectivity index (χ0) is 26.0. The van der Waals surface area contributed by atoms with Gasteiger partial charge in [0.15, 0.2) is 0 Å². The van der Waals surface area contributed by atoms with Gasteiger partial charge in [0.25, 0.3) is 0 Å². The second-order valence-electron chi connectivity index (χ2n) is 8.59. The number of phenols is 1. The van der Waals surface area contributed by atoms with Gasteiger partial charge in [-0.15, -0.1) is 0 Å². The van der Waals surface area contributed by atoms with Gasteiger partial charge in [-0.2, -0.15) is 12.6 Å². The summed E-state index contributed by atoms with van der Waals surface area (Å²) in [6.45, 7) is 0.721. The third-order valence-corrected chi connectivity index (χ3v) is 6.32. The number of hydrogen-bond donors (Lipinski definition) is 7. The number of aliphatic carboxylic acids is 1. The molecule has 1 fully saturated rings. The van der Waals surface area contributed by atoms with Crippen LogP contribution >= 0.6 is 12.6 Å². The van der Waals surface area contributed by atoms with Gasteiger partial charge in [-0.3, -0.25) is 14.4 Å². The van der Waals surface area contributed by atoms with E-state index >= 15 is 0 Å². The number of carboxylic acids is 1. The highest BCUT2D eigenvalue weighted by Crippen LogP contribution is 2.21. The highest BCUT2D eigenvalue weighted by Gasteiger charge is 2.39. The second kappa shape index (κ2) is 13.9. The zero-order valence-corrected chi connectivity index (χ0v) is 20.5. The van der Waals surface area contributed by atoms with Gasteiger partial charge in [0, 0.05) is 18.7 Å². The Bertz CT molecular complexity index is 884. The van der Waals surface area contributed by atoms with Gasteiger partial charge in [-0.1, -0.05) is 12.1 Å². The quantitative estimate of drug-likeness (QED) is 0.135. The van der Waals surface area contributed by atoms with Crippen LogP contribution in [0.1, 0.15) is 37.7 Å². The van der Waals surface area contributed by atoms with E-state index < -0.39 is 47.9 Å². The smallest absolute Gasteiger partial charge is 0.326 e. The number of thiol groups is 1. The summed E-state index contributed by atoms with van der Waals surface area (Å²) in [4.78, 5) is 51.9. The predicted molar refractivity (Wildman–Crippen MR) is 133 cm³/mol. The van der Waals surface area contributed by atoms with Gasteiger partial charge in [0.1, 0.15) is 23.9 Å². The fourth-order valence-electron chi connectivity index (χ4n) is 3.95. The topological polar surface area (TPSA) is 188 Å². The van der Waals surface area contributed by atoms with Crippen LogP contribution in [0, 0.1) is 0 Å². The molecule has 0 bridgehead atoms. The molecule has 1 aliphatic rings. The van der Waals surface area contributed by atoms with Gasteiger partial charge in [0.05, 0.1) is 6.04 Å². The monoisotopic (exact) mass is 509 g/mol. The summed E-state index contributed by atoms with van der Waals surface area (Å²) < 4.78 is 0. The number of carboxylic acid groups (broad SMARTS) is 1. The molecule has 1 aromatic carbocycles. The molecule has 1 saturated heterocycles. The maximum atomic E-state index is 13.5. The third-order valence-electron chi connectivity index (χ3n) is 5.92. The normalized spacial score (nSPS) is 17.9. The van der Waals surface area contributed by atoms with Crippen LogP contribution in [0.5, 0.6) is 5.75 Å². The second-order valence-corrected chi connectivity index (χ2v) is 8.96. The maximum absolute atomic E-state index is 13.5. The van der Waals surface area contributed by atoms with Crippen molar-refractivity contribution in [2.75, 3.05) is 18.8 Å². The standard InChI is InChI=1S/C23H35N5O6S/c24-10-2-1-4-17(23(33)34)26-21(31)19-5-3-11-28(19)22(32)18(27-20(30)16(25)13-35)12-14-6-8-15(29)9-7-14/h6-9,16-19,29,35H,1-5,10-13,24-25H2,(H,26,31)(H,27,30)(H,33,34). The number of rotatable bonds is 13. The van der Waals surface area contributed by atoms with Crippen molar-refractivity contribution in [1.82, 2.24) is 15.5 Å². The molecular weight excluding hydrogens is 474 g/mol. The average Bonchev–Trinajstić information content (AvgIpc) is 3.33. The van der Waals surface area contributed by atoms with E-state index in [1.165, 1.54) is 17.0 Å². The molecule has 0 radical (unpaired) electrons. The first-order valence-corrected chi connectivity index (χ1v) is 12.3. The molecule has 1 aliphatic heterocycles. The third kappa shape index (κ3) is 8.41. The number of nitrogens with two attached hydrogens (primary N) is 2. The van der Waals surface area contributed by atoms with Crippen LogP contribution in [0.3, 0.4) is 0 Å². The fraction of sp³-hybridized carbons (Fsp3) is 0.565. The molecule has 3 amide bonds. The van der Waals surface area contributed by atoms with Crippen LogP contribution in [0.25, 0.3) is 0 Å². The fourth-order valence-corrected chi connectivity index (χ4v) is 4.12. The molecule has 4 unspecified atom stereocenters. The number of carbonyl (C=O) groups excluding carboxylic acids is 3. The summed E-state index contributed by atoms with van der Waals surface area (Å²) in [6, 6.07) is 2.36. The van der Waals surface area contributed by atoms with Crippen LogP contribution in [-0.2, 0) is 25.6 Å². The molecular formula is C23H35N5O6S. The van der Waals surface area contributed by atoms with Crippen molar-refractivity contribution in [3.8, 4) is 5.75 Å². The molecule has 0 spiro atoms. The average molecular weight is 510 g/mol. The van der Waals surface area contributed by atoms with Gasteiger partial charge >= 0.3 is 5.97 Å². The molecule has 12 heteroatoms. The zero-order valence-electron chi connectivity index (χ0n) is 19.6. The first kappa shape index (κ1) is 28.4. The summed E-state index contributed by atoms with van der Waals surface area (Å²) in [5.41, 5.74) is 11.9. The Balaban J connectivity index is 2.17. The van der Waals surface area contributed by atoms with Crippen molar-refractivity contribution in [3.63, 3.8) is 0 Å². The molecule has 8 N–H and O–H groups in total. The van der Waals surface area contributed by atoms with Crippen molar-refractivity contribution in [2.45, 2.75) is 62.7 Å². The molecule has 1 heterocycles. The van der Waals surface area contributed by atoms with Crippen molar-refractivity contribution in [1.29, 1.82) is 0 Å². The number of hydrogen-bond acceptors (Lipinski definition) is 8. The SMILES string of the molecule is NCCCCC(NC(=O)C1CCCN1C(=O)C(Cc1ccc(O)cc1)NC(=O)C(N)CS)C(=O)O. The molecule has 35 heavy (non-hydrogen) atoms. The lowest BCUT2D eigenvalue weighted by atomic mass is 10.0. The first-order chi connectivity index (χ1) is 16.7. The van der Waals surface area contributed by atoms with Crippen molar-refractivity contribution >= 4 is 36.3 Å². The van der Waals surface area contributed by atoms with E-state index in [4.69, 9.17) is 11.5 Å². The van der Waals surface area contributed by atoms with E-state index in [0.29, 0.717) is 44.3 Å².